The standard InChI is InChI=1S/C13H27NO/c1-10-5-7-13(8-6-10)14(4)11(2)9-12(3)15/h10-13,15H,5-9H2,1-4H3. The number of rotatable bonds is 4. The molecule has 1 saturated carbocycles. The van der Waals surface area contributed by atoms with Gasteiger partial charge in [0, 0.05) is 12.1 Å². The molecule has 15 heavy (non-hydrogen) atoms. The van der Waals surface area contributed by atoms with Gasteiger partial charge in [-0.05, 0) is 58.9 Å². The minimum Gasteiger partial charge on any atom is -0.393 e. The zero-order chi connectivity index (χ0) is 11.4. The first-order chi connectivity index (χ1) is 7.00. The quantitative estimate of drug-likeness (QED) is 0.776. The summed E-state index contributed by atoms with van der Waals surface area (Å²) < 4.78 is 0. The fraction of sp³-hybridized carbons (Fsp3) is 1.00. The summed E-state index contributed by atoms with van der Waals surface area (Å²) in [5.74, 6) is 0.918. The van der Waals surface area contributed by atoms with Crippen molar-refractivity contribution in [2.24, 2.45) is 5.92 Å². The van der Waals surface area contributed by atoms with Crippen LogP contribution >= 0.6 is 0 Å². The molecule has 0 heterocycles. The molecule has 0 radical (unpaired) electrons. The molecule has 0 aromatic heterocycles. The molecule has 2 atom stereocenters. The van der Waals surface area contributed by atoms with Crippen molar-refractivity contribution in [1.29, 1.82) is 0 Å². The van der Waals surface area contributed by atoms with Crippen LogP contribution in [0.1, 0.15) is 52.9 Å². The van der Waals surface area contributed by atoms with E-state index < -0.39 is 0 Å². The van der Waals surface area contributed by atoms with Crippen molar-refractivity contribution < 1.29 is 5.11 Å². The van der Waals surface area contributed by atoms with Crippen LogP contribution in [0.2, 0.25) is 0 Å². The SMILES string of the molecule is CC(O)CC(C)N(C)C1CCC(C)CC1. The van der Waals surface area contributed by atoms with Gasteiger partial charge < -0.3 is 10.0 Å². The molecule has 0 bridgehead atoms. The van der Waals surface area contributed by atoms with Gasteiger partial charge in [-0.25, -0.2) is 0 Å². The molecule has 1 aliphatic carbocycles. The molecular formula is C13H27NO. The summed E-state index contributed by atoms with van der Waals surface area (Å²) >= 11 is 0. The van der Waals surface area contributed by atoms with Crippen LogP contribution in [0.3, 0.4) is 0 Å². The molecule has 1 aliphatic rings. The summed E-state index contributed by atoms with van der Waals surface area (Å²) in [5.41, 5.74) is 0. The van der Waals surface area contributed by atoms with E-state index in [1.54, 1.807) is 0 Å². The minimum absolute atomic E-state index is 0.176. The van der Waals surface area contributed by atoms with E-state index in [0.29, 0.717) is 6.04 Å². The van der Waals surface area contributed by atoms with Crippen molar-refractivity contribution in [3.05, 3.63) is 0 Å². The maximum atomic E-state index is 9.39. The second kappa shape index (κ2) is 5.86. The van der Waals surface area contributed by atoms with E-state index in [-0.39, 0.29) is 6.10 Å². The normalized spacial score (nSPS) is 31.6. The van der Waals surface area contributed by atoms with E-state index in [4.69, 9.17) is 0 Å². The highest BCUT2D eigenvalue weighted by molar-refractivity contribution is 4.80. The van der Waals surface area contributed by atoms with E-state index in [1.165, 1.54) is 25.7 Å². The van der Waals surface area contributed by atoms with Crippen LogP contribution in [0.5, 0.6) is 0 Å². The molecule has 1 N–H and O–H groups in total. The molecular weight excluding hydrogens is 186 g/mol. The van der Waals surface area contributed by atoms with Gasteiger partial charge in [0.25, 0.3) is 0 Å². The van der Waals surface area contributed by atoms with E-state index in [2.05, 4.69) is 25.8 Å². The van der Waals surface area contributed by atoms with Gasteiger partial charge in [0.2, 0.25) is 0 Å². The average molecular weight is 213 g/mol. The first-order valence-electron chi connectivity index (χ1n) is 6.40. The zero-order valence-corrected chi connectivity index (χ0v) is 10.7. The summed E-state index contributed by atoms with van der Waals surface area (Å²) in [6.45, 7) is 6.47. The largest absolute Gasteiger partial charge is 0.393 e. The van der Waals surface area contributed by atoms with Crippen LogP contribution < -0.4 is 0 Å². The highest BCUT2D eigenvalue weighted by Crippen LogP contribution is 2.27. The Kier molecular flexibility index (Phi) is 5.07. The molecule has 2 nitrogen and oxygen atoms in total. The van der Waals surface area contributed by atoms with E-state index in [9.17, 15) is 5.11 Å². The van der Waals surface area contributed by atoms with Crippen molar-refractivity contribution in [3.8, 4) is 0 Å². The smallest absolute Gasteiger partial charge is 0.0526 e. The maximum Gasteiger partial charge on any atom is 0.0526 e. The van der Waals surface area contributed by atoms with Crippen molar-refractivity contribution in [2.75, 3.05) is 7.05 Å². The Morgan fingerprint density at radius 3 is 2.20 bits per heavy atom. The van der Waals surface area contributed by atoms with Gasteiger partial charge in [-0.15, -0.1) is 0 Å². The third-order valence-corrected chi connectivity index (χ3v) is 3.94. The van der Waals surface area contributed by atoms with E-state index in [1.807, 2.05) is 6.92 Å². The maximum absolute atomic E-state index is 9.39. The Morgan fingerprint density at radius 1 is 1.20 bits per heavy atom. The first-order valence-corrected chi connectivity index (χ1v) is 6.40. The van der Waals surface area contributed by atoms with Crippen LogP contribution in [0.25, 0.3) is 0 Å². The van der Waals surface area contributed by atoms with Gasteiger partial charge in [-0.2, -0.15) is 0 Å². The molecule has 1 rings (SSSR count). The lowest BCUT2D eigenvalue weighted by Crippen LogP contribution is -2.41. The van der Waals surface area contributed by atoms with Crippen LogP contribution in [-0.2, 0) is 0 Å². The lowest BCUT2D eigenvalue weighted by Gasteiger charge is -2.37. The summed E-state index contributed by atoms with van der Waals surface area (Å²) in [6, 6.07) is 1.25. The van der Waals surface area contributed by atoms with Gasteiger partial charge in [-0.3, -0.25) is 0 Å². The third-order valence-electron chi connectivity index (χ3n) is 3.94. The molecule has 0 saturated heterocycles. The van der Waals surface area contributed by atoms with Gasteiger partial charge in [0.1, 0.15) is 0 Å². The zero-order valence-electron chi connectivity index (χ0n) is 10.7. The Bertz CT molecular complexity index is 173. The lowest BCUT2D eigenvalue weighted by atomic mass is 9.86. The predicted molar refractivity (Wildman–Crippen MR) is 64.9 cm³/mol. The Morgan fingerprint density at radius 2 is 1.73 bits per heavy atom. The summed E-state index contributed by atoms with van der Waals surface area (Å²) in [7, 11) is 2.22. The van der Waals surface area contributed by atoms with Crippen molar-refractivity contribution in [3.63, 3.8) is 0 Å². The van der Waals surface area contributed by atoms with Gasteiger partial charge in [0.15, 0.2) is 0 Å². The number of hydrogen-bond acceptors (Lipinski definition) is 2. The second-order valence-electron chi connectivity index (χ2n) is 5.51. The molecule has 0 amide bonds. The van der Waals surface area contributed by atoms with E-state index in [0.717, 1.165) is 18.4 Å². The molecule has 0 aromatic carbocycles. The molecule has 2 unspecified atom stereocenters. The fourth-order valence-corrected chi connectivity index (χ4v) is 2.67. The molecule has 0 aliphatic heterocycles. The summed E-state index contributed by atoms with van der Waals surface area (Å²) in [5, 5.41) is 9.39. The van der Waals surface area contributed by atoms with Crippen molar-refractivity contribution >= 4 is 0 Å². The number of nitrogens with zero attached hydrogens (tertiary/aromatic N) is 1. The Balaban J connectivity index is 2.35. The van der Waals surface area contributed by atoms with E-state index >= 15 is 0 Å². The van der Waals surface area contributed by atoms with Crippen molar-refractivity contribution in [2.45, 2.75) is 71.1 Å². The van der Waals surface area contributed by atoms with Crippen LogP contribution in [-0.4, -0.2) is 35.2 Å². The molecule has 0 spiro atoms. The van der Waals surface area contributed by atoms with Crippen LogP contribution in [0.15, 0.2) is 0 Å². The highest BCUT2D eigenvalue weighted by Gasteiger charge is 2.24. The second-order valence-corrected chi connectivity index (χ2v) is 5.51. The summed E-state index contributed by atoms with van der Waals surface area (Å²) in [6.07, 6.45) is 6.13. The highest BCUT2D eigenvalue weighted by atomic mass is 16.3. The fourth-order valence-electron chi connectivity index (χ4n) is 2.67. The molecule has 2 heteroatoms. The summed E-state index contributed by atoms with van der Waals surface area (Å²) in [4.78, 5) is 2.47. The Hall–Kier alpha value is -0.0800. The number of hydrogen-bond donors (Lipinski definition) is 1. The lowest BCUT2D eigenvalue weighted by molar-refractivity contribution is 0.0882. The first kappa shape index (κ1) is 13.0. The monoisotopic (exact) mass is 213 g/mol. The number of aliphatic hydroxyl groups excluding tert-OH is 1. The van der Waals surface area contributed by atoms with Crippen LogP contribution in [0.4, 0.5) is 0 Å². The van der Waals surface area contributed by atoms with Gasteiger partial charge >= 0.3 is 0 Å². The predicted octanol–water partition coefficient (Wildman–Crippen LogP) is 2.66. The third kappa shape index (κ3) is 4.12. The van der Waals surface area contributed by atoms with Crippen LogP contribution in [0, 0.1) is 5.92 Å². The molecule has 0 aromatic rings. The van der Waals surface area contributed by atoms with Gasteiger partial charge in [-0.1, -0.05) is 6.92 Å². The average Bonchev–Trinajstić information content (AvgIpc) is 2.17. The topological polar surface area (TPSA) is 23.5 Å². The Labute approximate surface area is 94.7 Å². The molecule has 1 fully saturated rings. The van der Waals surface area contributed by atoms with Crippen molar-refractivity contribution in [1.82, 2.24) is 4.90 Å². The molecule has 90 valence electrons. The number of aliphatic hydroxyl groups is 1. The minimum atomic E-state index is -0.176. The van der Waals surface area contributed by atoms with Gasteiger partial charge in [0.05, 0.1) is 6.10 Å².